The Labute approximate surface area is 121 Å². The van der Waals surface area contributed by atoms with E-state index in [0.29, 0.717) is 36.1 Å². The Morgan fingerprint density at radius 2 is 2.19 bits per heavy atom. The summed E-state index contributed by atoms with van der Waals surface area (Å²) in [6, 6.07) is 10.1. The van der Waals surface area contributed by atoms with Crippen LogP contribution >= 0.6 is 0 Å². The van der Waals surface area contributed by atoms with Crippen LogP contribution in [0.1, 0.15) is 10.4 Å². The third kappa shape index (κ3) is 2.39. The van der Waals surface area contributed by atoms with E-state index in [1.165, 1.54) is 11.0 Å². The van der Waals surface area contributed by atoms with Crippen LogP contribution in [0.25, 0.3) is 10.9 Å². The van der Waals surface area contributed by atoms with E-state index in [1.807, 2.05) is 6.07 Å². The number of aromatic amines is 1. The molecule has 1 amide bonds. The first-order chi connectivity index (χ1) is 10.2. The zero-order valence-corrected chi connectivity index (χ0v) is 11.3. The van der Waals surface area contributed by atoms with Crippen molar-refractivity contribution in [2.45, 2.75) is 6.04 Å². The summed E-state index contributed by atoms with van der Waals surface area (Å²) in [5.41, 5.74) is 0.647. The highest BCUT2D eigenvalue weighted by Gasteiger charge is 2.28. The number of fused-ring (bicyclic) bond motifs is 1. The van der Waals surface area contributed by atoms with Crippen molar-refractivity contribution in [2.24, 2.45) is 0 Å². The summed E-state index contributed by atoms with van der Waals surface area (Å²) in [5, 5.41) is 13.0. The molecular weight excluding hydrogens is 268 g/mol. The Hall–Kier alpha value is -2.65. The molecule has 0 saturated carbocycles. The molecule has 1 fully saturated rings. The van der Waals surface area contributed by atoms with Gasteiger partial charge in [0.15, 0.2) is 0 Å². The SMILES string of the molecule is N#CC1CNCCN1C(=O)c1cc(=O)[nH]c2ccccc12. The molecule has 1 atom stereocenters. The van der Waals surface area contributed by atoms with Gasteiger partial charge in [0, 0.05) is 36.6 Å². The number of piperazine rings is 1. The largest absolute Gasteiger partial charge is 0.322 e. The van der Waals surface area contributed by atoms with Crippen LogP contribution in [0.5, 0.6) is 0 Å². The Bertz CT molecular complexity index is 790. The molecule has 2 N–H and O–H groups in total. The number of rotatable bonds is 1. The van der Waals surface area contributed by atoms with Gasteiger partial charge in [-0.25, -0.2) is 0 Å². The molecule has 2 heterocycles. The first kappa shape index (κ1) is 13.3. The van der Waals surface area contributed by atoms with Gasteiger partial charge in [0.25, 0.3) is 5.91 Å². The molecule has 0 aliphatic carbocycles. The third-order valence-corrected chi connectivity index (χ3v) is 3.63. The van der Waals surface area contributed by atoms with Gasteiger partial charge in [-0.3, -0.25) is 9.59 Å². The highest BCUT2D eigenvalue weighted by molar-refractivity contribution is 6.06. The maximum atomic E-state index is 12.7. The summed E-state index contributed by atoms with van der Waals surface area (Å²) in [4.78, 5) is 28.7. The zero-order valence-electron chi connectivity index (χ0n) is 11.3. The monoisotopic (exact) mass is 282 g/mol. The summed E-state index contributed by atoms with van der Waals surface area (Å²) >= 11 is 0. The zero-order chi connectivity index (χ0) is 14.8. The van der Waals surface area contributed by atoms with Crippen LogP contribution in [-0.2, 0) is 0 Å². The first-order valence-electron chi connectivity index (χ1n) is 6.74. The summed E-state index contributed by atoms with van der Waals surface area (Å²) in [5.74, 6) is -0.273. The van der Waals surface area contributed by atoms with E-state index in [2.05, 4.69) is 16.4 Å². The van der Waals surface area contributed by atoms with Gasteiger partial charge in [-0.05, 0) is 6.07 Å². The lowest BCUT2D eigenvalue weighted by Gasteiger charge is -2.32. The van der Waals surface area contributed by atoms with Crippen molar-refractivity contribution >= 4 is 16.8 Å². The highest BCUT2D eigenvalue weighted by atomic mass is 16.2. The number of H-pyrrole nitrogens is 1. The lowest BCUT2D eigenvalue weighted by atomic mass is 10.1. The lowest BCUT2D eigenvalue weighted by molar-refractivity contribution is 0.0689. The van der Waals surface area contributed by atoms with Gasteiger partial charge in [0.05, 0.1) is 11.6 Å². The topological polar surface area (TPSA) is 89.0 Å². The molecule has 1 aliphatic heterocycles. The van der Waals surface area contributed by atoms with E-state index in [0.717, 1.165) is 0 Å². The number of nitrogens with zero attached hydrogens (tertiary/aromatic N) is 2. The number of nitrogens with one attached hydrogen (secondary N) is 2. The molecule has 0 spiro atoms. The van der Waals surface area contributed by atoms with Gasteiger partial charge in [-0.15, -0.1) is 0 Å². The fourth-order valence-corrected chi connectivity index (χ4v) is 2.60. The molecule has 2 aromatic rings. The number of carbonyl (C=O) groups is 1. The quantitative estimate of drug-likeness (QED) is 0.795. The van der Waals surface area contributed by atoms with E-state index >= 15 is 0 Å². The van der Waals surface area contributed by atoms with Crippen molar-refractivity contribution in [1.82, 2.24) is 15.2 Å². The van der Waals surface area contributed by atoms with Crippen LogP contribution in [0.2, 0.25) is 0 Å². The fraction of sp³-hybridized carbons (Fsp3) is 0.267. The predicted octanol–water partition coefficient (Wildman–Crippen LogP) is 0.466. The summed E-state index contributed by atoms with van der Waals surface area (Å²) in [6.07, 6.45) is 0. The Balaban J connectivity index is 2.09. The van der Waals surface area contributed by atoms with Crippen molar-refractivity contribution in [3.8, 4) is 6.07 Å². The second-order valence-corrected chi connectivity index (χ2v) is 4.94. The molecule has 1 aromatic carbocycles. The number of pyridine rings is 1. The molecule has 0 bridgehead atoms. The molecular formula is C15H14N4O2. The minimum atomic E-state index is -0.510. The van der Waals surface area contributed by atoms with E-state index in [9.17, 15) is 14.9 Å². The molecule has 21 heavy (non-hydrogen) atoms. The molecule has 1 aromatic heterocycles. The van der Waals surface area contributed by atoms with E-state index < -0.39 is 6.04 Å². The van der Waals surface area contributed by atoms with E-state index in [1.54, 1.807) is 18.2 Å². The van der Waals surface area contributed by atoms with Crippen LogP contribution in [0.3, 0.4) is 0 Å². The van der Waals surface area contributed by atoms with Gasteiger partial charge in [-0.2, -0.15) is 5.26 Å². The number of para-hydroxylation sites is 1. The number of hydrogen-bond donors (Lipinski definition) is 2. The fourth-order valence-electron chi connectivity index (χ4n) is 2.60. The molecule has 1 saturated heterocycles. The van der Waals surface area contributed by atoms with Crippen molar-refractivity contribution in [2.75, 3.05) is 19.6 Å². The number of carbonyl (C=O) groups excluding carboxylic acids is 1. The predicted molar refractivity (Wildman–Crippen MR) is 77.9 cm³/mol. The Kier molecular flexibility index (Phi) is 3.42. The minimum Gasteiger partial charge on any atom is -0.322 e. The smallest absolute Gasteiger partial charge is 0.255 e. The van der Waals surface area contributed by atoms with Crippen LogP contribution in [0.15, 0.2) is 35.1 Å². The van der Waals surface area contributed by atoms with E-state index in [-0.39, 0.29) is 11.5 Å². The van der Waals surface area contributed by atoms with Gasteiger partial charge in [-0.1, -0.05) is 18.2 Å². The molecule has 3 rings (SSSR count). The number of amides is 1. The lowest BCUT2D eigenvalue weighted by Crippen LogP contribution is -2.53. The Morgan fingerprint density at radius 1 is 1.38 bits per heavy atom. The maximum Gasteiger partial charge on any atom is 0.255 e. The van der Waals surface area contributed by atoms with Crippen LogP contribution in [0, 0.1) is 11.3 Å². The van der Waals surface area contributed by atoms with Crippen molar-refractivity contribution in [1.29, 1.82) is 5.26 Å². The molecule has 106 valence electrons. The van der Waals surface area contributed by atoms with Gasteiger partial charge in [0.2, 0.25) is 5.56 Å². The molecule has 1 aliphatic rings. The Morgan fingerprint density at radius 3 is 3.00 bits per heavy atom. The summed E-state index contributed by atoms with van der Waals surface area (Å²) in [7, 11) is 0. The highest BCUT2D eigenvalue weighted by Crippen LogP contribution is 2.18. The summed E-state index contributed by atoms with van der Waals surface area (Å²) in [6.45, 7) is 1.55. The molecule has 1 unspecified atom stereocenters. The van der Waals surface area contributed by atoms with Gasteiger partial charge in [0.1, 0.15) is 6.04 Å². The summed E-state index contributed by atoms with van der Waals surface area (Å²) < 4.78 is 0. The van der Waals surface area contributed by atoms with Crippen LogP contribution in [-0.4, -0.2) is 41.5 Å². The number of benzene rings is 1. The average Bonchev–Trinajstić information content (AvgIpc) is 2.53. The number of nitriles is 1. The van der Waals surface area contributed by atoms with Gasteiger partial charge >= 0.3 is 0 Å². The van der Waals surface area contributed by atoms with Crippen LogP contribution in [0.4, 0.5) is 0 Å². The molecule has 6 heteroatoms. The molecule has 0 radical (unpaired) electrons. The molecule has 6 nitrogen and oxygen atoms in total. The second kappa shape index (κ2) is 5.38. The van der Waals surface area contributed by atoms with Crippen LogP contribution < -0.4 is 10.9 Å². The van der Waals surface area contributed by atoms with Crippen molar-refractivity contribution < 1.29 is 4.79 Å². The standard InChI is InChI=1S/C15H14N4O2/c16-8-10-9-17-5-6-19(10)15(21)12-7-14(20)18-13-4-2-1-3-11(12)13/h1-4,7,10,17H,5-6,9H2,(H,18,20). The first-order valence-corrected chi connectivity index (χ1v) is 6.74. The van der Waals surface area contributed by atoms with Crippen molar-refractivity contribution in [3.63, 3.8) is 0 Å². The normalized spacial score (nSPS) is 18.4. The van der Waals surface area contributed by atoms with E-state index in [4.69, 9.17) is 0 Å². The third-order valence-electron chi connectivity index (χ3n) is 3.63. The second-order valence-electron chi connectivity index (χ2n) is 4.94. The maximum absolute atomic E-state index is 12.7. The number of hydrogen-bond acceptors (Lipinski definition) is 4. The minimum absolute atomic E-state index is 0.273. The van der Waals surface area contributed by atoms with Gasteiger partial charge < -0.3 is 15.2 Å². The number of aromatic nitrogens is 1. The average molecular weight is 282 g/mol. The van der Waals surface area contributed by atoms with Crippen molar-refractivity contribution in [3.05, 3.63) is 46.2 Å².